The second-order valence-electron chi connectivity index (χ2n) is 7.38. The van der Waals surface area contributed by atoms with Crippen molar-refractivity contribution >= 4 is 10.0 Å². The molecule has 1 fully saturated rings. The number of piperidine rings is 1. The number of rotatable bonds is 7. The van der Waals surface area contributed by atoms with Gasteiger partial charge in [0, 0.05) is 18.9 Å². The molecule has 0 aromatic heterocycles. The second-order valence-corrected chi connectivity index (χ2v) is 9.09. The van der Waals surface area contributed by atoms with Gasteiger partial charge in [0.25, 0.3) is 0 Å². The lowest BCUT2D eigenvalue weighted by Gasteiger charge is -2.37. The van der Waals surface area contributed by atoms with Crippen molar-refractivity contribution in [2.45, 2.75) is 56.4 Å². The zero-order chi connectivity index (χ0) is 16.9. The molecule has 0 bridgehead atoms. The number of unbranched alkanes of at least 4 members (excludes halogenated alkanes) is 2. The van der Waals surface area contributed by atoms with Crippen molar-refractivity contribution in [3.8, 4) is 0 Å². The zero-order valence-corrected chi connectivity index (χ0v) is 15.5. The molecule has 0 radical (unpaired) electrons. The molecule has 0 spiro atoms. The summed E-state index contributed by atoms with van der Waals surface area (Å²) >= 11 is 0. The lowest BCUT2D eigenvalue weighted by atomic mass is 10.1. The van der Waals surface area contributed by atoms with Crippen LogP contribution in [0.1, 0.15) is 44.6 Å². The Bertz CT molecular complexity index is 584. The average molecular weight is 340 g/mol. The number of benzene rings is 1. The smallest absolute Gasteiger partial charge is 0.240 e. The van der Waals surface area contributed by atoms with E-state index in [4.69, 9.17) is 0 Å². The van der Waals surface area contributed by atoms with Gasteiger partial charge in [-0.1, -0.05) is 31.9 Å². The fourth-order valence-electron chi connectivity index (χ4n) is 3.09. The Morgan fingerprint density at radius 1 is 1.09 bits per heavy atom. The summed E-state index contributed by atoms with van der Waals surface area (Å²) in [6.07, 6.45) is 6.42. The SMILES string of the molecule is CCCCCc1ccc(S(=O)(=O)NC2CC[N+](C)(C)CC2)cc1. The first-order chi connectivity index (χ1) is 10.8. The molecule has 0 atom stereocenters. The van der Waals surface area contributed by atoms with Gasteiger partial charge < -0.3 is 4.48 Å². The molecule has 5 heteroatoms. The van der Waals surface area contributed by atoms with Crippen molar-refractivity contribution in [1.82, 2.24) is 4.72 Å². The van der Waals surface area contributed by atoms with Gasteiger partial charge in [0.15, 0.2) is 0 Å². The Balaban J connectivity index is 1.94. The van der Waals surface area contributed by atoms with Crippen LogP contribution in [0.15, 0.2) is 29.2 Å². The van der Waals surface area contributed by atoms with Crippen LogP contribution < -0.4 is 4.72 Å². The minimum Gasteiger partial charge on any atom is -0.328 e. The van der Waals surface area contributed by atoms with Gasteiger partial charge in [-0.25, -0.2) is 13.1 Å². The molecule has 1 saturated heterocycles. The molecule has 1 aliphatic rings. The predicted molar refractivity (Wildman–Crippen MR) is 94.9 cm³/mol. The van der Waals surface area contributed by atoms with Crippen LogP contribution in [0.3, 0.4) is 0 Å². The zero-order valence-electron chi connectivity index (χ0n) is 14.7. The average Bonchev–Trinajstić information content (AvgIpc) is 2.50. The molecular formula is C18H31N2O2S+. The fourth-order valence-corrected chi connectivity index (χ4v) is 4.39. The summed E-state index contributed by atoms with van der Waals surface area (Å²) < 4.78 is 28.9. The predicted octanol–water partition coefficient (Wildman–Crippen LogP) is 2.94. The fraction of sp³-hybridized carbons (Fsp3) is 0.667. The minimum absolute atomic E-state index is 0.0652. The first kappa shape index (κ1) is 18.4. The maximum absolute atomic E-state index is 12.5. The van der Waals surface area contributed by atoms with Crippen molar-refractivity contribution in [1.29, 1.82) is 0 Å². The van der Waals surface area contributed by atoms with Gasteiger partial charge >= 0.3 is 0 Å². The van der Waals surface area contributed by atoms with Crippen LogP contribution in [-0.4, -0.2) is 46.1 Å². The van der Waals surface area contributed by atoms with Gasteiger partial charge in [-0.3, -0.25) is 0 Å². The molecule has 1 N–H and O–H groups in total. The van der Waals surface area contributed by atoms with Gasteiger partial charge in [-0.05, 0) is 30.5 Å². The van der Waals surface area contributed by atoms with Gasteiger partial charge in [0.2, 0.25) is 10.0 Å². The van der Waals surface area contributed by atoms with E-state index < -0.39 is 10.0 Å². The Morgan fingerprint density at radius 2 is 1.70 bits per heavy atom. The van der Waals surface area contributed by atoms with Crippen LogP contribution >= 0.6 is 0 Å². The van der Waals surface area contributed by atoms with E-state index in [2.05, 4.69) is 25.7 Å². The number of hydrogen-bond acceptors (Lipinski definition) is 2. The summed E-state index contributed by atoms with van der Waals surface area (Å²) in [5.41, 5.74) is 1.22. The van der Waals surface area contributed by atoms with E-state index in [1.807, 2.05) is 12.1 Å². The Kier molecular flexibility index (Phi) is 6.23. The van der Waals surface area contributed by atoms with Gasteiger partial charge in [-0.15, -0.1) is 0 Å². The van der Waals surface area contributed by atoms with Crippen LogP contribution in [0.2, 0.25) is 0 Å². The molecule has 2 rings (SSSR count). The number of quaternary nitrogens is 1. The van der Waals surface area contributed by atoms with Crippen molar-refractivity contribution < 1.29 is 12.9 Å². The van der Waals surface area contributed by atoms with Crippen LogP contribution in [0, 0.1) is 0 Å². The molecule has 0 aliphatic carbocycles. The highest BCUT2D eigenvalue weighted by molar-refractivity contribution is 7.89. The summed E-state index contributed by atoms with van der Waals surface area (Å²) in [7, 11) is 0.997. The first-order valence-electron chi connectivity index (χ1n) is 8.76. The molecule has 1 aromatic carbocycles. The normalized spacial score (nSPS) is 18.9. The van der Waals surface area contributed by atoms with E-state index in [9.17, 15) is 8.42 Å². The molecule has 0 unspecified atom stereocenters. The summed E-state index contributed by atoms with van der Waals surface area (Å²) in [6, 6.07) is 7.45. The topological polar surface area (TPSA) is 46.2 Å². The van der Waals surface area contributed by atoms with Gasteiger partial charge in [0.1, 0.15) is 0 Å². The van der Waals surface area contributed by atoms with E-state index in [-0.39, 0.29) is 6.04 Å². The third-order valence-electron chi connectivity index (χ3n) is 4.79. The van der Waals surface area contributed by atoms with Crippen molar-refractivity contribution in [2.24, 2.45) is 0 Å². The third kappa shape index (κ3) is 5.59. The molecule has 0 saturated carbocycles. The highest BCUT2D eigenvalue weighted by atomic mass is 32.2. The maximum Gasteiger partial charge on any atom is 0.240 e. The van der Waals surface area contributed by atoms with Gasteiger partial charge in [-0.2, -0.15) is 0 Å². The van der Waals surface area contributed by atoms with Crippen molar-refractivity contribution in [3.05, 3.63) is 29.8 Å². The largest absolute Gasteiger partial charge is 0.328 e. The number of nitrogens with zero attached hydrogens (tertiary/aromatic N) is 1. The first-order valence-corrected chi connectivity index (χ1v) is 10.2. The lowest BCUT2D eigenvalue weighted by Crippen LogP contribution is -2.51. The summed E-state index contributed by atoms with van der Waals surface area (Å²) in [5, 5.41) is 0. The Morgan fingerprint density at radius 3 is 2.26 bits per heavy atom. The third-order valence-corrected chi connectivity index (χ3v) is 6.33. The van der Waals surface area contributed by atoms with E-state index in [0.717, 1.165) is 43.3 Å². The molecule has 1 aromatic rings. The summed E-state index contributed by atoms with van der Waals surface area (Å²) in [6.45, 7) is 4.22. The molecule has 4 nitrogen and oxygen atoms in total. The Hall–Kier alpha value is -0.910. The number of aryl methyl sites for hydroxylation is 1. The van der Waals surface area contributed by atoms with E-state index in [0.29, 0.717) is 4.90 Å². The number of sulfonamides is 1. The number of nitrogens with one attached hydrogen (secondary N) is 1. The second kappa shape index (κ2) is 7.77. The molecular weight excluding hydrogens is 308 g/mol. The molecule has 130 valence electrons. The lowest BCUT2D eigenvalue weighted by molar-refractivity contribution is -0.895. The van der Waals surface area contributed by atoms with E-state index in [1.54, 1.807) is 12.1 Å². The summed E-state index contributed by atoms with van der Waals surface area (Å²) in [5.74, 6) is 0. The highest BCUT2D eigenvalue weighted by Crippen LogP contribution is 2.18. The van der Waals surface area contributed by atoms with E-state index in [1.165, 1.54) is 18.4 Å². The van der Waals surface area contributed by atoms with Crippen LogP contribution in [0.25, 0.3) is 0 Å². The van der Waals surface area contributed by atoms with Crippen LogP contribution in [0.5, 0.6) is 0 Å². The quantitative estimate of drug-likeness (QED) is 0.613. The molecule has 1 aliphatic heterocycles. The van der Waals surface area contributed by atoms with Crippen LogP contribution in [0.4, 0.5) is 0 Å². The minimum atomic E-state index is -3.40. The Labute approximate surface area is 141 Å². The monoisotopic (exact) mass is 339 g/mol. The van der Waals surface area contributed by atoms with Crippen LogP contribution in [-0.2, 0) is 16.4 Å². The van der Waals surface area contributed by atoms with Crippen molar-refractivity contribution in [2.75, 3.05) is 27.2 Å². The number of likely N-dealkylation sites (tertiary alicyclic amines) is 1. The molecule has 1 heterocycles. The highest BCUT2D eigenvalue weighted by Gasteiger charge is 2.29. The molecule has 23 heavy (non-hydrogen) atoms. The number of hydrogen-bond donors (Lipinski definition) is 1. The van der Waals surface area contributed by atoms with E-state index >= 15 is 0 Å². The van der Waals surface area contributed by atoms with Gasteiger partial charge in [0.05, 0.1) is 32.1 Å². The maximum atomic E-state index is 12.5. The standard InChI is InChI=1S/C18H31N2O2S/c1-4-5-6-7-16-8-10-18(11-9-16)23(21,22)19-17-12-14-20(2,3)15-13-17/h8-11,17,19H,4-7,12-15H2,1-3H3/q+1. The molecule has 0 amide bonds. The summed E-state index contributed by atoms with van der Waals surface area (Å²) in [4.78, 5) is 0.385. The van der Waals surface area contributed by atoms with Crippen molar-refractivity contribution in [3.63, 3.8) is 0 Å².